The van der Waals surface area contributed by atoms with Crippen LogP contribution in [-0.4, -0.2) is 49.3 Å². The van der Waals surface area contributed by atoms with Crippen LogP contribution in [0.3, 0.4) is 0 Å². The van der Waals surface area contributed by atoms with Crippen LogP contribution >= 0.6 is 0 Å². The van der Waals surface area contributed by atoms with Gasteiger partial charge < -0.3 is 19.7 Å². The van der Waals surface area contributed by atoms with Gasteiger partial charge in [-0.25, -0.2) is 14.8 Å². The van der Waals surface area contributed by atoms with Crippen LogP contribution < -0.4 is 10.2 Å². The van der Waals surface area contributed by atoms with E-state index in [4.69, 9.17) is 15.0 Å². The molecular weight excluding hydrogens is 368 g/mol. The molecule has 4 rings (SSSR count). The van der Waals surface area contributed by atoms with Crippen LogP contribution in [0, 0.1) is 0 Å². The monoisotopic (exact) mass is 394 g/mol. The van der Waals surface area contributed by atoms with Crippen LogP contribution in [-0.2, 0) is 9.47 Å². The quantitative estimate of drug-likeness (QED) is 0.664. The molecule has 7 nitrogen and oxygen atoms in total. The molecule has 1 aliphatic heterocycles. The standard InChI is InChI=1S/C22H22N4O3/c1-28-21(27)17-4-2-16(3-5-17)20-10-11-23-22(25-20)24-18-6-8-19(9-7-18)26-12-14-29-15-13-26/h2-11H,12-15H2,1H3,(H,23,24,25)/i12D2,13D2. The number of methoxy groups -OCH3 is 1. The van der Waals surface area contributed by atoms with Gasteiger partial charge in [0.2, 0.25) is 5.95 Å². The molecule has 0 atom stereocenters. The molecule has 2 heterocycles. The van der Waals surface area contributed by atoms with Crippen LogP contribution in [0.2, 0.25) is 0 Å². The van der Waals surface area contributed by atoms with E-state index in [0.717, 1.165) is 10.5 Å². The number of carbonyl (C=O) groups excluding carboxylic acids is 1. The zero-order valence-corrected chi connectivity index (χ0v) is 15.8. The first-order chi connectivity index (χ1) is 15.7. The van der Waals surface area contributed by atoms with Crippen molar-refractivity contribution < 1.29 is 19.8 Å². The lowest BCUT2D eigenvalue weighted by atomic mass is 10.1. The van der Waals surface area contributed by atoms with E-state index in [1.165, 1.54) is 7.11 Å². The molecule has 29 heavy (non-hydrogen) atoms. The van der Waals surface area contributed by atoms with E-state index in [-0.39, 0.29) is 13.2 Å². The number of rotatable bonds is 5. The number of nitrogens with zero attached hydrogens (tertiary/aromatic N) is 3. The summed E-state index contributed by atoms with van der Waals surface area (Å²) in [6.45, 7) is -4.38. The number of morpholine rings is 1. The molecule has 1 N–H and O–H groups in total. The third kappa shape index (κ3) is 4.52. The molecule has 0 saturated carbocycles. The summed E-state index contributed by atoms with van der Waals surface area (Å²) in [6, 6.07) is 15.3. The van der Waals surface area contributed by atoms with Crippen LogP contribution in [0.15, 0.2) is 60.8 Å². The molecule has 1 fully saturated rings. The van der Waals surface area contributed by atoms with Gasteiger partial charge in [-0.1, -0.05) is 12.1 Å². The van der Waals surface area contributed by atoms with Crippen molar-refractivity contribution in [1.29, 1.82) is 0 Å². The lowest BCUT2D eigenvalue weighted by molar-refractivity contribution is 0.0600. The minimum atomic E-state index is -1.97. The Hall–Kier alpha value is -3.45. The van der Waals surface area contributed by atoms with E-state index in [0.29, 0.717) is 28.6 Å². The SMILES string of the molecule is [2H]C1([2H])COCC([2H])([2H])N1c1ccc(Nc2nccc(-c3ccc(C(=O)OC)cc3)n2)cc1. The Labute approximate surface area is 174 Å². The highest BCUT2D eigenvalue weighted by molar-refractivity contribution is 5.89. The average Bonchev–Trinajstić information content (AvgIpc) is 2.79. The first-order valence-corrected chi connectivity index (χ1v) is 8.97. The summed E-state index contributed by atoms with van der Waals surface area (Å²) in [5.74, 6) is -0.0532. The number of hydrogen-bond acceptors (Lipinski definition) is 7. The molecular formula is C22H22N4O3. The van der Waals surface area contributed by atoms with Gasteiger partial charge in [-0.15, -0.1) is 0 Å². The Morgan fingerprint density at radius 1 is 1.10 bits per heavy atom. The topological polar surface area (TPSA) is 76.6 Å². The van der Waals surface area contributed by atoms with Gasteiger partial charge in [-0.05, 0) is 42.5 Å². The molecule has 0 radical (unpaired) electrons. The summed E-state index contributed by atoms with van der Waals surface area (Å²) in [5, 5.41) is 3.10. The minimum absolute atomic E-state index is 0.215. The molecule has 0 spiro atoms. The summed E-state index contributed by atoms with van der Waals surface area (Å²) in [4.78, 5) is 21.4. The van der Waals surface area contributed by atoms with Crippen molar-refractivity contribution in [2.24, 2.45) is 0 Å². The van der Waals surface area contributed by atoms with E-state index in [1.54, 1.807) is 60.8 Å². The number of nitrogens with one attached hydrogen (secondary N) is 1. The number of anilines is 3. The predicted octanol–water partition coefficient (Wildman–Crippen LogP) is 3.51. The van der Waals surface area contributed by atoms with Gasteiger partial charge in [-0.2, -0.15) is 0 Å². The second-order valence-electron chi connectivity index (χ2n) is 6.15. The second kappa shape index (κ2) is 8.70. The number of carbonyl (C=O) groups is 1. The van der Waals surface area contributed by atoms with Crippen molar-refractivity contribution in [3.05, 3.63) is 66.4 Å². The fourth-order valence-electron chi connectivity index (χ4n) is 2.81. The predicted molar refractivity (Wildman–Crippen MR) is 112 cm³/mol. The largest absolute Gasteiger partial charge is 0.465 e. The average molecular weight is 394 g/mol. The normalized spacial score (nSPS) is 19.3. The van der Waals surface area contributed by atoms with Crippen LogP contribution in [0.4, 0.5) is 17.3 Å². The maximum Gasteiger partial charge on any atom is 0.337 e. The molecule has 0 aliphatic carbocycles. The molecule has 0 amide bonds. The summed E-state index contributed by atoms with van der Waals surface area (Å²) < 4.78 is 42.3. The van der Waals surface area contributed by atoms with E-state index in [9.17, 15) is 4.79 Å². The van der Waals surface area contributed by atoms with Crippen LogP contribution in [0.5, 0.6) is 0 Å². The molecule has 2 aromatic carbocycles. The number of ether oxygens (including phenoxy) is 2. The first kappa shape index (κ1) is 14.5. The van der Waals surface area contributed by atoms with E-state index < -0.39 is 19.0 Å². The van der Waals surface area contributed by atoms with Gasteiger partial charge >= 0.3 is 5.97 Å². The lowest BCUT2D eigenvalue weighted by Gasteiger charge is -2.28. The summed E-state index contributed by atoms with van der Waals surface area (Å²) in [7, 11) is 1.33. The maximum atomic E-state index is 11.6. The Morgan fingerprint density at radius 3 is 2.52 bits per heavy atom. The van der Waals surface area contributed by atoms with Crippen LogP contribution in [0.25, 0.3) is 11.3 Å². The van der Waals surface area contributed by atoms with E-state index in [1.807, 2.05) is 0 Å². The molecule has 7 heteroatoms. The molecule has 1 aliphatic rings. The molecule has 0 bridgehead atoms. The van der Waals surface area contributed by atoms with Crippen molar-refractivity contribution in [1.82, 2.24) is 9.97 Å². The van der Waals surface area contributed by atoms with Gasteiger partial charge in [0, 0.05) is 36.1 Å². The van der Waals surface area contributed by atoms with Gasteiger partial charge in [0.05, 0.1) is 37.1 Å². The smallest absolute Gasteiger partial charge is 0.337 e. The molecule has 1 saturated heterocycles. The Bertz CT molecular complexity index is 1130. The van der Waals surface area contributed by atoms with Gasteiger partial charge in [0.25, 0.3) is 0 Å². The summed E-state index contributed by atoms with van der Waals surface area (Å²) in [6.07, 6.45) is 1.62. The maximum absolute atomic E-state index is 11.6. The second-order valence-corrected chi connectivity index (χ2v) is 6.15. The Kier molecular flexibility index (Phi) is 4.36. The van der Waals surface area contributed by atoms with Crippen molar-refractivity contribution in [2.45, 2.75) is 0 Å². The van der Waals surface area contributed by atoms with Crippen molar-refractivity contribution >= 4 is 23.3 Å². The zero-order chi connectivity index (χ0) is 23.6. The highest BCUT2D eigenvalue weighted by atomic mass is 16.5. The number of benzene rings is 2. The summed E-state index contributed by atoms with van der Waals surface area (Å²) in [5.41, 5.74) is 2.98. The van der Waals surface area contributed by atoms with Gasteiger partial charge in [0.1, 0.15) is 0 Å². The number of aromatic nitrogens is 2. The lowest BCUT2D eigenvalue weighted by Crippen LogP contribution is -2.36. The van der Waals surface area contributed by atoms with Gasteiger partial charge in [-0.3, -0.25) is 0 Å². The van der Waals surface area contributed by atoms with E-state index >= 15 is 0 Å². The van der Waals surface area contributed by atoms with Crippen LogP contribution in [0.1, 0.15) is 15.8 Å². The van der Waals surface area contributed by atoms with Crippen molar-refractivity contribution in [3.63, 3.8) is 0 Å². The molecule has 148 valence electrons. The molecule has 3 aromatic rings. The third-order valence-corrected chi connectivity index (χ3v) is 4.29. The van der Waals surface area contributed by atoms with E-state index in [2.05, 4.69) is 15.3 Å². The third-order valence-electron chi connectivity index (χ3n) is 4.29. The summed E-state index contributed by atoms with van der Waals surface area (Å²) >= 11 is 0. The zero-order valence-electron chi connectivity index (χ0n) is 19.8. The molecule has 1 aromatic heterocycles. The highest BCUT2D eigenvalue weighted by Gasteiger charge is 2.11. The Morgan fingerprint density at radius 2 is 1.83 bits per heavy atom. The minimum Gasteiger partial charge on any atom is -0.465 e. The Balaban J connectivity index is 1.52. The van der Waals surface area contributed by atoms with Crippen molar-refractivity contribution in [3.8, 4) is 11.3 Å². The first-order valence-electron chi connectivity index (χ1n) is 11.0. The fraction of sp³-hybridized carbons (Fsp3) is 0.227. The molecule has 0 unspecified atom stereocenters. The van der Waals surface area contributed by atoms with Gasteiger partial charge in [0.15, 0.2) is 0 Å². The van der Waals surface area contributed by atoms with Crippen molar-refractivity contribution in [2.75, 3.05) is 43.5 Å². The highest BCUT2D eigenvalue weighted by Crippen LogP contribution is 2.23. The number of esters is 1. The fourth-order valence-corrected chi connectivity index (χ4v) is 2.81. The number of hydrogen-bond donors (Lipinski definition) is 1.